The molecule has 3 nitrogen and oxygen atoms in total. The van der Waals surface area contributed by atoms with Crippen LogP contribution in [-0.4, -0.2) is 23.2 Å². The molecule has 1 aliphatic heterocycles. The van der Waals surface area contributed by atoms with E-state index in [2.05, 4.69) is 5.10 Å². The first-order valence-electron chi connectivity index (χ1n) is 7.00. The summed E-state index contributed by atoms with van der Waals surface area (Å²) in [7, 11) is -1.32. The highest BCUT2D eigenvalue weighted by molar-refractivity contribution is 6.65. The predicted octanol–water partition coefficient (Wildman–Crippen LogP) is 3.48. The Kier molecular flexibility index (Phi) is 5.21. The largest absolute Gasteiger partial charge is 0.471 e. The van der Waals surface area contributed by atoms with E-state index in [1.54, 1.807) is 19.1 Å². The quantitative estimate of drug-likeness (QED) is 0.674. The summed E-state index contributed by atoms with van der Waals surface area (Å²) in [6.07, 6.45) is 0.992. The molecule has 0 aromatic heterocycles. The number of nitrogens with zero attached hydrogens (tertiary/aromatic N) is 2. The molecule has 0 unspecified atom stereocenters. The highest BCUT2D eigenvalue weighted by atomic mass is 35.5. The number of benzene rings is 1. The average Bonchev–Trinajstić information content (AvgIpc) is 2.45. The Hall–Kier alpha value is -1.73. The molecular formula is C15H15BClF3N2O. The van der Waals surface area contributed by atoms with Gasteiger partial charge >= 0.3 is 13.2 Å². The van der Waals surface area contributed by atoms with Gasteiger partial charge in [0.15, 0.2) is 0 Å². The van der Waals surface area contributed by atoms with E-state index in [-0.39, 0.29) is 5.46 Å². The molecule has 1 aliphatic rings. The maximum atomic E-state index is 12.9. The highest BCUT2D eigenvalue weighted by Gasteiger charge is 2.36. The van der Waals surface area contributed by atoms with Crippen molar-refractivity contribution in [3.05, 3.63) is 52.2 Å². The van der Waals surface area contributed by atoms with Crippen molar-refractivity contribution in [2.24, 2.45) is 5.10 Å². The first kappa shape index (κ1) is 17.6. The Balaban J connectivity index is 2.45. The molecule has 0 aliphatic carbocycles. The van der Waals surface area contributed by atoms with Gasteiger partial charge < -0.3 is 5.02 Å². The van der Waals surface area contributed by atoms with Gasteiger partial charge in [-0.2, -0.15) is 18.3 Å². The molecule has 0 saturated heterocycles. The molecule has 1 heterocycles. The Morgan fingerprint density at radius 3 is 2.70 bits per heavy atom. The molecule has 2 rings (SSSR count). The summed E-state index contributed by atoms with van der Waals surface area (Å²) < 4.78 is 38.6. The number of fused-ring (bicyclic) bond motifs is 1. The van der Waals surface area contributed by atoms with Gasteiger partial charge in [0.25, 0.3) is 0 Å². The predicted molar refractivity (Wildman–Crippen MR) is 86.5 cm³/mol. The lowest BCUT2D eigenvalue weighted by molar-refractivity contribution is -0.137. The lowest BCUT2D eigenvalue weighted by atomic mass is 9.69. The smallest absolute Gasteiger partial charge is 0.427 e. The third-order valence-corrected chi connectivity index (χ3v) is 3.38. The van der Waals surface area contributed by atoms with E-state index in [1.807, 2.05) is 6.92 Å². The van der Waals surface area contributed by atoms with Crippen molar-refractivity contribution in [1.29, 1.82) is 0 Å². The first-order valence-corrected chi connectivity index (χ1v) is 7.38. The Bertz CT molecular complexity index is 682. The number of hydrazone groups is 1. The zero-order valence-corrected chi connectivity index (χ0v) is 13.4. The minimum Gasteiger partial charge on any atom is -0.427 e. The van der Waals surface area contributed by atoms with Crippen LogP contribution in [0.4, 0.5) is 13.2 Å². The van der Waals surface area contributed by atoms with E-state index in [4.69, 9.17) is 11.6 Å². The molecule has 1 N–H and O–H groups in total. The van der Waals surface area contributed by atoms with Crippen molar-refractivity contribution in [3.8, 4) is 0 Å². The summed E-state index contributed by atoms with van der Waals surface area (Å²) in [6, 6.07) is 3.21. The van der Waals surface area contributed by atoms with E-state index in [1.165, 1.54) is 17.2 Å². The lowest BCUT2D eigenvalue weighted by Crippen LogP contribution is -2.49. The second-order valence-electron chi connectivity index (χ2n) is 5.07. The second-order valence-corrected chi connectivity index (χ2v) is 5.67. The number of hydrogen-bond acceptors (Lipinski definition) is 3. The molecule has 1 aromatic carbocycles. The van der Waals surface area contributed by atoms with Crippen LogP contribution < -0.4 is 5.46 Å². The van der Waals surface area contributed by atoms with Gasteiger partial charge in [0.1, 0.15) is 0 Å². The minimum atomic E-state index is -4.47. The van der Waals surface area contributed by atoms with Crippen molar-refractivity contribution >= 4 is 30.3 Å². The summed E-state index contributed by atoms with van der Waals surface area (Å²) in [4.78, 5) is 1.25. The fourth-order valence-corrected chi connectivity index (χ4v) is 2.36. The lowest BCUT2D eigenvalue weighted by Gasteiger charge is -2.28. The molecule has 0 amide bonds. The third-order valence-electron chi connectivity index (χ3n) is 3.27. The monoisotopic (exact) mass is 342 g/mol. The van der Waals surface area contributed by atoms with Gasteiger partial charge in [-0.1, -0.05) is 36.7 Å². The molecule has 0 fully saturated rings. The zero-order chi connectivity index (χ0) is 17.2. The van der Waals surface area contributed by atoms with E-state index < -0.39 is 18.8 Å². The number of alkyl halides is 3. The minimum absolute atomic E-state index is 0.150. The second kappa shape index (κ2) is 6.80. The fourth-order valence-electron chi connectivity index (χ4n) is 2.25. The molecule has 0 atom stereocenters. The summed E-state index contributed by atoms with van der Waals surface area (Å²) in [5.41, 5.74) is 0.309. The van der Waals surface area contributed by atoms with Crippen LogP contribution in [0.1, 0.15) is 31.4 Å². The van der Waals surface area contributed by atoms with Crippen LogP contribution in [0.2, 0.25) is 0 Å². The average molecular weight is 343 g/mol. The standard InChI is InChI=1S/C15H15BClF3N2O/c1-3-4-13(7-10(2)17)22-16(23)14-8-12(15(18,19)20)6-5-11(14)9-21-22/h4-9,23H,3H2,1-2H3/b10-7+,13-4+. The van der Waals surface area contributed by atoms with Crippen LogP contribution in [0.25, 0.3) is 0 Å². The molecule has 23 heavy (non-hydrogen) atoms. The summed E-state index contributed by atoms with van der Waals surface area (Å²) in [5.74, 6) is 0. The topological polar surface area (TPSA) is 35.8 Å². The van der Waals surface area contributed by atoms with Crippen LogP contribution in [0.3, 0.4) is 0 Å². The van der Waals surface area contributed by atoms with Crippen LogP contribution in [0, 0.1) is 0 Å². The van der Waals surface area contributed by atoms with Gasteiger partial charge in [0.2, 0.25) is 0 Å². The van der Waals surface area contributed by atoms with Gasteiger partial charge in [0, 0.05) is 10.7 Å². The molecule has 0 saturated carbocycles. The normalized spacial score (nSPS) is 16.0. The maximum Gasteiger partial charge on any atom is 0.471 e. The Labute approximate surface area is 137 Å². The molecule has 0 spiro atoms. The highest BCUT2D eigenvalue weighted by Crippen LogP contribution is 2.29. The van der Waals surface area contributed by atoms with Crippen molar-refractivity contribution < 1.29 is 18.2 Å². The fraction of sp³-hybridized carbons (Fsp3) is 0.267. The van der Waals surface area contributed by atoms with Gasteiger partial charge in [-0.3, -0.25) is 4.92 Å². The molecular weight excluding hydrogens is 327 g/mol. The maximum absolute atomic E-state index is 12.9. The van der Waals surface area contributed by atoms with Gasteiger partial charge in [-0.05, 0) is 36.5 Å². The molecule has 0 bridgehead atoms. The summed E-state index contributed by atoms with van der Waals surface area (Å²) in [5, 5.41) is 15.0. The molecule has 8 heteroatoms. The van der Waals surface area contributed by atoms with E-state index in [0.29, 0.717) is 22.7 Å². The van der Waals surface area contributed by atoms with E-state index in [0.717, 1.165) is 12.1 Å². The number of hydrogen-bond donors (Lipinski definition) is 1. The molecule has 1 aromatic rings. The SMILES string of the molecule is CC/C=C(\C=C(/C)Cl)N1N=Cc2ccc(C(F)(F)F)cc2B1O. The van der Waals surface area contributed by atoms with Gasteiger partial charge in [-0.25, -0.2) is 0 Å². The Morgan fingerprint density at radius 2 is 2.13 bits per heavy atom. The molecule has 0 radical (unpaired) electrons. The summed E-state index contributed by atoms with van der Waals surface area (Å²) in [6.45, 7) is 3.56. The van der Waals surface area contributed by atoms with E-state index >= 15 is 0 Å². The third kappa shape index (κ3) is 3.97. The van der Waals surface area contributed by atoms with Crippen molar-refractivity contribution in [2.75, 3.05) is 0 Å². The van der Waals surface area contributed by atoms with Crippen LogP contribution >= 0.6 is 11.6 Å². The van der Waals surface area contributed by atoms with Gasteiger partial charge in [0.05, 0.1) is 11.8 Å². The number of allylic oxidation sites excluding steroid dienone is 3. The number of rotatable bonds is 3. The van der Waals surface area contributed by atoms with Crippen molar-refractivity contribution in [3.63, 3.8) is 0 Å². The first-order chi connectivity index (χ1) is 10.7. The van der Waals surface area contributed by atoms with Crippen molar-refractivity contribution in [2.45, 2.75) is 26.4 Å². The number of halogens is 4. The van der Waals surface area contributed by atoms with Gasteiger partial charge in [-0.15, -0.1) is 0 Å². The van der Waals surface area contributed by atoms with Crippen LogP contribution in [0.15, 0.2) is 46.2 Å². The Morgan fingerprint density at radius 1 is 1.43 bits per heavy atom. The summed E-state index contributed by atoms with van der Waals surface area (Å²) >= 11 is 5.87. The van der Waals surface area contributed by atoms with Crippen LogP contribution in [-0.2, 0) is 6.18 Å². The van der Waals surface area contributed by atoms with Crippen molar-refractivity contribution in [1.82, 2.24) is 4.92 Å². The van der Waals surface area contributed by atoms with E-state index in [9.17, 15) is 18.2 Å². The zero-order valence-electron chi connectivity index (χ0n) is 12.6. The molecule has 122 valence electrons. The van der Waals surface area contributed by atoms with Crippen LogP contribution in [0.5, 0.6) is 0 Å².